The van der Waals surface area contributed by atoms with Crippen LogP contribution in [0.3, 0.4) is 0 Å². The van der Waals surface area contributed by atoms with Crippen LogP contribution >= 0.6 is 0 Å². The highest BCUT2D eigenvalue weighted by Gasteiger charge is 2.06. The van der Waals surface area contributed by atoms with Crippen LogP contribution in [0.25, 0.3) is 0 Å². The molecule has 0 atom stereocenters. The van der Waals surface area contributed by atoms with Gasteiger partial charge in [0.1, 0.15) is 5.82 Å². The molecule has 0 saturated carbocycles. The van der Waals surface area contributed by atoms with Crippen molar-refractivity contribution in [3.8, 4) is 0 Å². The van der Waals surface area contributed by atoms with Gasteiger partial charge >= 0.3 is 5.97 Å². The van der Waals surface area contributed by atoms with Crippen LogP contribution in [-0.4, -0.2) is 30.2 Å². The number of rotatable bonds is 4. The molecule has 0 aliphatic heterocycles. The number of aromatic carboxylic acids is 1. The Hall–Kier alpha value is -2.56. The molecule has 0 aliphatic rings. The van der Waals surface area contributed by atoms with E-state index in [1.807, 2.05) is 44.1 Å². The van der Waals surface area contributed by atoms with Gasteiger partial charge in [0.15, 0.2) is 5.69 Å². The number of carbonyl (C=O) groups is 1. The van der Waals surface area contributed by atoms with E-state index in [9.17, 15) is 4.79 Å². The Morgan fingerprint density at radius 1 is 1.25 bits per heavy atom. The summed E-state index contributed by atoms with van der Waals surface area (Å²) in [7, 11) is 3.96. The van der Waals surface area contributed by atoms with E-state index in [1.165, 1.54) is 11.6 Å². The summed E-state index contributed by atoms with van der Waals surface area (Å²) < 4.78 is 0. The molecular formula is C15H17N3O2. The number of carboxylic acids is 1. The quantitative estimate of drug-likeness (QED) is 0.895. The van der Waals surface area contributed by atoms with E-state index < -0.39 is 5.97 Å². The molecule has 0 fully saturated rings. The molecule has 0 spiro atoms. The minimum absolute atomic E-state index is 0.0231. The normalized spacial score (nSPS) is 10.2. The Morgan fingerprint density at radius 2 is 2.00 bits per heavy atom. The van der Waals surface area contributed by atoms with Gasteiger partial charge in [-0.3, -0.25) is 0 Å². The van der Waals surface area contributed by atoms with Crippen molar-refractivity contribution in [2.24, 2.45) is 0 Å². The summed E-state index contributed by atoms with van der Waals surface area (Å²) in [5, 5.41) is 12.1. The van der Waals surface area contributed by atoms with Crippen molar-refractivity contribution in [2.45, 2.75) is 6.92 Å². The summed E-state index contributed by atoms with van der Waals surface area (Å²) >= 11 is 0. The third-order valence-electron chi connectivity index (χ3n) is 2.93. The molecule has 5 heteroatoms. The Labute approximate surface area is 117 Å². The lowest BCUT2D eigenvalue weighted by atomic mass is 10.1. The van der Waals surface area contributed by atoms with Gasteiger partial charge in [-0.1, -0.05) is 12.1 Å². The van der Waals surface area contributed by atoms with Crippen molar-refractivity contribution in [1.29, 1.82) is 0 Å². The van der Waals surface area contributed by atoms with Gasteiger partial charge in [-0.05, 0) is 36.8 Å². The number of nitrogens with one attached hydrogen (secondary N) is 1. The largest absolute Gasteiger partial charge is 0.477 e. The Kier molecular flexibility index (Phi) is 3.89. The Balaban J connectivity index is 2.28. The number of aromatic nitrogens is 1. The number of carboxylic acid groups (broad SMARTS) is 1. The van der Waals surface area contributed by atoms with E-state index in [1.54, 1.807) is 12.1 Å². The lowest BCUT2D eigenvalue weighted by Gasteiger charge is -2.17. The second-order valence-electron chi connectivity index (χ2n) is 4.73. The molecule has 1 aromatic carbocycles. The molecule has 0 aliphatic carbocycles. The molecule has 0 amide bonds. The van der Waals surface area contributed by atoms with Crippen LogP contribution in [-0.2, 0) is 0 Å². The molecule has 0 saturated heterocycles. The van der Waals surface area contributed by atoms with E-state index >= 15 is 0 Å². The Bertz CT molecular complexity index is 639. The number of hydrogen-bond acceptors (Lipinski definition) is 4. The first kappa shape index (κ1) is 13.9. The third kappa shape index (κ3) is 3.06. The predicted molar refractivity (Wildman–Crippen MR) is 80.0 cm³/mol. The number of benzene rings is 1. The van der Waals surface area contributed by atoms with E-state index in [2.05, 4.69) is 10.3 Å². The van der Waals surface area contributed by atoms with Gasteiger partial charge in [-0.15, -0.1) is 0 Å². The van der Waals surface area contributed by atoms with Gasteiger partial charge < -0.3 is 15.3 Å². The molecule has 5 nitrogen and oxygen atoms in total. The van der Waals surface area contributed by atoms with Crippen molar-refractivity contribution < 1.29 is 9.90 Å². The average molecular weight is 271 g/mol. The summed E-state index contributed by atoms with van der Waals surface area (Å²) in [5.74, 6) is -0.523. The van der Waals surface area contributed by atoms with Gasteiger partial charge in [0.2, 0.25) is 0 Å². The number of aryl methyl sites for hydroxylation is 1. The van der Waals surface area contributed by atoms with Crippen molar-refractivity contribution in [1.82, 2.24) is 4.98 Å². The van der Waals surface area contributed by atoms with Crippen molar-refractivity contribution in [3.63, 3.8) is 0 Å². The second-order valence-corrected chi connectivity index (χ2v) is 4.73. The fourth-order valence-corrected chi connectivity index (χ4v) is 1.94. The summed E-state index contributed by atoms with van der Waals surface area (Å²) in [6.45, 7) is 2.04. The molecule has 0 radical (unpaired) electrons. The van der Waals surface area contributed by atoms with Crippen LogP contribution in [0.15, 0.2) is 36.4 Å². The number of hydrogen-bond donors (Lipinski definition) is 2. The number of anilines is 3. The lowest BCUT2D eigenvalue weighted by molar-refractivity contribution is 0.0690. The van der Waals surface area contributed by atoms with Gasteiger partial charge in [0.05, 0.1) is 0 Å². The first-order valence-electron chi connectivity index (χ1n) is 6.23. The smallest absolute Gasteiger partial charge is 0.354 e. The highest BCUT2D eigenvalue weighted by atomic mass is 16.4. The van der Waals surface area contributed by atoms with Crippen molar-refractivity contribution in [3.05, 3.63) is 47.7 Å². The maximum absolute atomic E-state index is 10.9. The van der Waals surface area contributed by atoms with Crippen LogP contribution in [0.5, 0.6) is 0 Å². The molecule has 20 heavy (non-hydrogen) atoms. The van der Waals surface area contributed by atoms with Gasteiger partial charge in [0.25, 0.3) is 0 Å². The molecule has 2 N–H and O–H groups in total. The first-order valence-corrected chi connectivity index (χ1v) is 6.23. The molecule has 1 heterocycles. The fraction of sp³-hybridized carbons (Fsp3) is 0.200. The Morgan fingerprint density at radius 3 is 2.65 bits per heavy atom. The van der Waals surface area contributed by atoms with Crippen LogP contribution in [0.2, 0.25) is 0 Å². The van der Waals surface area contributed by atoms with Crippen LogP contribution < -0.4 is 10.2 Å². The maximum Gasteiger partial charge on any atom is 0.354 e. The summed E-state index contributed by atoms with van der Waals surface area (Å²) in [6.07, 6.45) is 0. The minimum atomic E-state index is -1.04. The maximum atomic E-state index is 10.9. The standard InChI is InChI=1S/C15H17N3O2/c1-10-7-8-11(9-13(10)18(2)3)16-14-6-4-5-12(17-14)15(19)20/h4-9H,1-3H3,(H,16,17)(H,19,20). The minimum Gasteiger partial charge on any atom is -0.477 e. The van der Waals surface area contributed by atoms with Gasteiger partial charge in [-0.2, -0.15) is 0 Å². The summed E-state index contributed by atoms with van der Waals surface area (Å²) in [4.78, 5) is 17.0. The topological polar surface area (TPSA) is 65.5 Å². The van der Waals surface area contributed by atoms with Crippen LogP contribution in [0.4, 0.5) is 17.2 Å². The molecular weight excluding hydrogens is 254 g/mol. The first-order chi connectivity index (χ1) is 9.47. The SMILES string of the molecule is Cc1ccc(Nc2cccc(C(=O)O)n2)cc1N(C)C. The van der Waals surface area contributed by atoms with Gasteiger partial charge in [0, 0.05) is 25.5 Å². The molecule has 0 unspecified atom stereocenters. The van der Waals surface area contributed by atoms with E-state index in [-0.39, 0.29) is 5.69 Å². The molecule has 0 bridgehead atoms. The van der Waals surface area contributed by atoms with Crippen molar-refractivity contribution in [2.75, 3.05) is 24.3 Å². The second kappa shape index (κ2) is 5.61. The monoisotopic (exact) mass is 271 g/mol. The fourth-order valence-electron chi connectivity index (χ4n) is 1.94. The number of nitrogens with zero attached hydrogens (tertiary/aromatic N) is 2. The van der Waals surface area contributed by atoms with E-state index in [4.69, 9.17) is 5.11 Å². The summed E-state index contributed by atoms with van der Waals surface area (Å²) in [6, 6.07) is 10.8. The van der Waals surface area contributed by atoms with Gasteiger partial charge in [-0.25, -0.2) is 9.78 Å². The molecule has 104 valence electrons. The predicted octanol–water partition coefficient (Wildman–Crippen LogP) is 2.90. The molecule has 2 aromatic rings. The number of pyridine rings is 1. The average Bonchev–Trinajstić information content (AvgIpc) is 2.41. The highest BCUT2D eigenvalue weighted by molar-refractivity contribution is 5.85. The van der Waals surface area contributed by atoms with E-state index in [0.717, 1.165) is 11.4 Å². The van der Waals surface area contributed by atoms with Crippen LogP contribution in [0, 0.1) is 6.92 Å². The molecule has 2 rings (SSSR count). The zero-order valence-corrected chi connectivity index (χ0v) is 11.7. The van der Waals surface area contributed by atoms with Crippen LogP contribution in [0.1, 0.15) is 16.1 Å². The summed E-state index contributed by atoms with van der Waals surface area (Å²) in [5.41, 5.74) is 3.17. The highest BCUT2D eigenvalue weighted by Crippen LogP contribution is 2.24. The third-order valence-corrected chi connectivity index (χ3v) is 2.93. The van der Waals surface area contributed by atoms with E-state index in [0.29, 0.717) is 5.82 Å². The lowest BCUT2D eigenvalue weighted by Crippen LogP contribution is -2.10. The zero-order valence-electron chi connectivity index (χ0n) is 11.7. The molecule has 1 aromatic heterocycles. The zero-order chi connectivity index (χ0) is 14.7. The van der Waals surface area contributed by atoms with Crippen molar-refractivity contribution >= 4 is 23.2 Å².